The first kappa shape index (κ1) is 13.3. The van der Waals surface area contributed by atoms with Crippen molar-refractivity contribution in [2.75, 3.05) is 6.61 Å². The van der Waals surface area contributed by atoms with E-state index in [9.17, 15) is 4.79 Å². The van der Waals surface area contributed by atoms with Gasteiger partial charge in [0.25, 0.3) is 0 Å². The molecule has 0 heterocycles. The third-order valence-corrected chi connectivity index (χ3v) is 2.44. The molecule has 0 aliphatic rings. The fourth-order valence-corrected chi connectivity index (χ4v) is 1.50. The molecule has 0 saturated heterocycles. The molecule has 0 spiro atoms. The third kappa shape index (κ3) is 5.20. The fraction of sp³-hybridized carbons (Fsp3) is 0.357. The van der Waals surface area contributed by atoms with Crippen LogP contribution < -0.4 is 10.5 Å². The first-order valence-corrected chi connectivity index (χ1v) is 5.87. The van der Waals surface area contributed by atoms with Crippen LogP contribution in [0.5, 0.6) is 5.75 Å². The molecule has 1 amide bonds. The molecule has 17 heavy (non-hydrogen) atoms. The molecule has 3 heteroatoms. The van der Waals surface area contributed by atoms with E-state index in [1.807, 2.05) is 12.1 Å². The lowest BCUT2D eigenvalue weighted by Crippen LogP contribution is -2.10. The molecule has 0 unspecified atom stereocenters. The molecule has 0 saturated carbocycles. The van der Waals surface area contributed by atoms with Crippen molar-refractivity contribution in [2.45, 2.75) is 25.7 Å². The number of amides is 1. The Hall–Kier alpha value is -1.77. The van der Waals surface area contributed by atoms with Gasteiger partial charge in [-0.05, 0) is 43.9 Å². The van der Waals surface area contributed by atoms with Crippen LogP contribution in [-0.4, -0.2) is 12.5 Å². The number of primary amides is 1. The van der Waals surface area contributed by atoms with E-state index >= 15 is 0 Å². The van der Waals surface area contributed by atoms with Gasteiger partial charge >= 0.3 is 0 Å². The molecule has 0 radical (unpaired) electrons. The Bertz CT molecular complexity index is 374. The lowest BCUT2D eigenvalue weighted by Gasteiger charge is -2.06. The third-order valence-electron chi connectivity index (χ3n) is 2.44. The molecule has 3 nitrogen and oxygen atoms in total. The Morgan fingerprint density at radius 2 is 2.18 bits per heavy atom. The van der Waals surface area contributed by atoms with E-state index in [0.29, 0.717) is 17.9 Å². The Labute approximate surface area is 102 Å². The summed E-state index contributed by atoms with van der Waals surface area (Å²) in [6.45, 7) is 4.34. The summed E-state index contributed by atoms with van der Waals surface area (Å²) in [5, 5.41) is 0. The monoisotopic (exact) mass is 233 g/mol. The lowest BCUT2D eigenvalue weighted by molar-refractivity contribution is 0.1000. The number of carbonyl (C=O) groups excluding carboxylic acids is 1. The zero-order valence-corrected chi connectivity index (χ0v) is 10.0. The lowest BCUT2D eigenvalue weighted by atomic mass is 10.2. The zero-order chi connectivity index (χ0) is 12.5. The van der Waals surface area contributed by atoms with Gasteiger partial charge in [-0.25, -0.2) is 0 Å². The van der Waals surface area contributed by atoms with Crippen LogP contribution in [0.3, 0.4) is 0 Å². The van der Waals surface area contributed by atoms with Crippen molar-refractivity contribution in [1.82, 2.24) is 0 Å². The van der Waals surface area contributed by atoms with Crippen LogP contribution in [0.15, 0.2) is 36.9 Å². The summed E-state index contributed by atoms with van der Waals surface area (Å²) in [6.07, 6.45) is 6.26. The molecule has 0 fully saturated rings. The van der Waals surface area contributed by atoms with Gasteiger partial charge in [-0.2, -0.15) is 0 Å². The van der Waals surface area contributed by atoms with Crippen molar-refractivity contribution in [3.63, 3.8) is 0 Å². The van der Waals surface area contributed by atoms with E-state index in [1.165, 1.54) is 0 Å². The minimum Gasteiger partial charge on any atom is -0.494 e. The average Bonchev–Trinajstić information content (AvgIpc) is 2.34. The Morgan fingerprint density at radius 1 is 1.35 bits per heavy atom. The molecular weight excluding hydrogens is 214 g/mol. The van der Waals surface area contributed by atoms with Gasteiger partial charge in [-0.3, -0.25) is 4.79 Å². The maximum atomic E-state index is 11.0. The van der Waals surface area contributed by atoms with Crippen molar-refractivity contribution in [3.05, 3.63) is 42.5 Å². The smallest absolute Gasteiger partial charge is 0.248 e. The second-order valence-corrected chi connectivity index (χ2v) is 3.88. The molecule has 0 aromatic heterocycles. The second-order valence-electron chi connectivity index (χ2n) is 3.88. The van der Waals surface area contributed by atoms with E-state index in [4.69, 9.17) is 10.5 Å². The number of nitrogens with two attached hydrogens (primary N) is 1. The van der Waals surface area contributed by atoms with Crippen LogP contribution >= 0.6 is 0 Å². The van der Waals surface area contributed by atoms with Gasteiger partial charge in [0, 0.05) is 5.56 Å². The van der Waals surface area contributed by atoms with E-state index in [-0.39, 0.29) is 0 Å². The second kappa shape index (κ2) is 7.49. The number of ether oxygens (including phenoxy) is 1. The number of carbonyl (C=O) groups is 1. The molecule has 0 bridgehead atoms. The maximum absolute atomic E-state index is 11.0. The fourth-order valence-electron chi connectivity index (χ4n) is 1.50. The first-order valence-electron chi connectivity index (χ1n) is 5.87. The Balaban J connectivity index is 2.29. The normalized spacial score (nSPS) is 9.88. The van der Waals surface area contributed by atoms with Crippen molar-refractivity contribution >= 4 is 5.91 Å². The highest BCUT2D eigenvalue weighted by Crippen LogP contribution is 2.13. The van der Waals surface area contributed by atoms with Crippen molar-refractivity contribution in [2.24, 2.45) is 5.73 Å². The highest BCUT2D eigenvalue weighted by molar-refractivity contribution is 5.93. The summed E-state index contributed by atoms with van der Waals surface area (Å²) in [6, 6.07) is 6.95. The highest BCUT2D eigenvalue weighted by Gasteiger charge is 2.01. The van der Waals surface area contributed by atoms with E-state index in [1.54, 1.807) is 18.2 Å². The molecule has 0 aliphatic heterocycles. The van der Waals surface area contributed by atoms with Crippen LogP contribution in [-0.2, 0) is 0 Å². The summed E-state index contributed by atoms with van der Waals surface area (Å²) < 4.78 is 5.54. The van der Waals surface area contributed by atoms with E-state index in [0.717, 1.165) is 25.7 Å². The zero-order valence-electron chi connectivity index (χ0n) is 10.0. The van der Waals surface area contributed by atoms with Gasteiger partial charge in [0.15, 0.2) is 0 Å². The molecule has 0 aliphatic carbocycles. The highest BCUT2D eigenvalue weighted by atomic mass is 16.5. The van der Waals surface area contributed by atoms with Gasteiger partial charge in [0.2, 0.25) is 5.91 Å². The molecule has 2 N–H and O–H groups in total. The van der Waals surface area contributed by atoms with Crippen LogP contribution in [0, 0.1) is 0 Å². The van der Waals surface area contributed by atoms with Gasteiger partial charge < -0.3 is 10.5 Å². The summed E-state index contributed by atoms with van der Waals surface area (Å²) in [5.74, 6) is 0.270. The topological polar surface area (TPSA) is 52.3 Å². The summed E-state index contributed by atoms with van der Waals surface area (Å²) >= 11 is 0. The molecular formula is C14H19NO2. The molecule has 92 valence electrons. The largest absolute Gasteiger partial charge is 0.494 e. The van der Waals surface area contributed by atoms with Gasteiger partial charge in [0.1, 0.15) is 5.75 Å². The number of unbranched alkanes of at least 4 members (excludes halogenated alkanes) is 3. The van der Waals surface area contributed by atoms with Gasteiger partial charge in [-0.1, -0.05) is 12.1 Å². The minimum atomic E-state index is -0.429. The number of allylic oxidation sites excluding steroid dienone is 1. The van der Waals surface area contributed by atoms with E-state index in [2.05, 4.69) is 6.58 Å². The molecule has 1 aromatic rings. The number of benzene rings is 1. The first-order chi connectivity index (χ1) is 8.24. The Kier molecular flexibility index (Phi) is 5.86. The van der Waals surface area contributed by atoms with Crippen molar-refractivity contribution < 1.29 is 9.53 Å². The van der Waals surface area contributed by atoms with Crippen LogP contribution in [0.4, 0.5) is 0 Å². The van der Waals surface area contributed by atoms with Crippen LogP contribution in [0.1, 0.15) is 36.0 Å². The van der Waals surface area contributed by atoms with Crippen LogP contribution in [0.2, 0.25) is 0 Å². The SMILES string of the molecule is C=CCCCCCOc1cccc(C(N)=O)c1. The number of rotatable bonds is 8. The van der Waals surface area contributed by atoms with Gasteiger partial charge in [-0.15, -0.1) is 6.58 Å². The Morgan fingerprint density at radius 3 is 2.88 bits per heavy atom. The molecule has 0 atom stereocenters. The van der Waals surface area contributed by atoms with Crippen molar-refractivity contribution in [3.8, 4) is 5.75 Å². The molecule has 1 aromatic carbocycles. The van der Waals surface area contributed by atoms with Crippen molar-refractivity contribution in [1.29, 1.82) is 0 Å². The minimum absolute atomic E-state index is 0.429. The summed E-state index contributed by atoms with van der Waals surface area (Å²) in [4.78, 5) is 11.0. The number of hydrogen-bond acceptors (Lipinski definition) is 2. The predicted octanol–water partition coefficient (Wildman–Crippen LogP) is 2.91. The standard InChI is InChI=1S/C14H19NO2/c1-2-3-4-5-6-10-17-13-9-7-8-12(11-13)14(15)16/h2,7-9,11H,1,3-6,10H2,(H2,15,16). The van der Waals surface area contributed by atoms with E-state index < -0.39 is 5.91 Å². The number of hydrogen-bond donors (Lipinski definition) is 1. The average molecular weight is 233 g/mol. The quantitative estimate of drug-likeness (QED) is 0.554. The predicted molar refractivity (Wildman–Crippen MR) is 69.1 cm³/mol. The van der Waals surface area contributed by atoms with Gasteiger partial charge in [0.05, 0.1) is 6.61 Å². The summed E-state index contributed by atoms with van der Waals surface area (Å²) in [7, 11) is 0. The molecule has 1 rings (SSSR count). The maximum Gasteiger partial charge on any atom is 0.248 e. The van der Waals surface area contributed by atoms with Crippen LogP contribution in [0.25, 0.3) is 0 Å². The summed E-state index contributed by atoms with van der Waals surface area (Å²) in [5.41, 5.74) is 5.67.